The van der Waals surface area contributed by atoms with Crippen LogP contribution in [0.5, 0.6) is 0 Å². The van der Waals surface area contributed by atoms with Gasteiger partial charge in [0, 0.05) is 0 Å². The van der Waals surface area contributed by atoms with E-state index >= 15 is 0 Å². The molecular formula is C6HBrCl2F2. The summed E-state index contributed by atoms with van der Waals surface area (Å²) in [5.41, 5.74) is 0. The molecule has 0 saturated heterocycles. The van der Waals surface area contributed by atoms with Crippen LogP contribution in [-0.4, -0.2) is 0 Å². The molecular weight excluding hydrogens is 261 g/mol. The van der Waals surface area contributed by atoms with Crippen LogP contribution in [0.4, 0.5) is 8.78 Å². The van der Waals surface area contributed by atoms with Crippen LogP contribution in [0.15, 0.2) is 10.5 Å². The third-order valence-corrected chi connectivity index (χ3v) is 2.24. The summed E-state index contributed by atoms with van der Waals surface area (Å²) in [5, 5.41) is -0.798. The van der Waals surface area contributed by atoms with Gasteiger partial charge in [-0.1, -0.05) is 23.2 Å². The smallest absolute Gasteiger partial charge is 0.163 e. The van der Waals surface area contributed by atoms with Gasteiger partial charge >= 0.3 is 0 Å². The highest BCUT2D eigenvalue weighted by Gasteiger charge is 2.13. The lowest BCUT2D eigenvalue weighted by molar-refractivity contribution is 0.580. The maximum Gasteiger partial charge on any atom is 0.163 e. The van der Waals surface area contributed by atoms with Crippen molar-refractivity contribution >= 4 is 39.1 Å². The molecule has 0 saturated carbocycles. The molecule has 5 heteroatoms. The van der Waals surface area contributed by atoms with E-state index in [4.69, 9.17) is 23.2 Å². The Labute approximate surface area is 80.2 Å². The topological polar surface area (TPSA) is 0 Å². The van der Waals surface area contributed by atoms with Crippen LogP contribution in [0.3, 0.4) is 0 Å². The standard InChI is InChI=1S/C6HBrCl2F2/c7-2-1-3(8)6(11)4(9)5(2)10/h1H. The molecule has 0 unspecified atom stereocenters. The highest BCUT2D eigenvalue weighted by atomic mass is 79.9. The van der Waals surface area contributed by atoms with E-state index in [-0.39, 0.29) is 9.50 Å². The quantitative estimate of drug-likeness (QED) is 0.489. The van der Waals surface area contributed by atoms with Crippen LogP contribution < -0.4 is 0 Å². The summed E-state index contributed by atoms with van der Waals surface area (Å²) >= 11 is 13.4. The zero-order valence-electron chi connectivity index (χ0n) is 4.97. The van der Waals surface area contributed by atoms with E-state index in [0.29, 0.717) is 0 Å². The fourth-order valence-electron chi connectivity index (χ4n) is 0.544. The molecule has 0 aliphatic carbocycles. The second-order valence-corrected chi connectivity index (χ2v) is 3.42. The van der Waals surface area contributed by atoms with Gasteiger partial charge in [-0.15, -0.1) is 0 Å². The van der Waals surface area contributed by atoms with Gasteiger partial charge < -0.3 is 0 Å². The summed E-state index contributed by atoms with van der Waals surface area (Å²) < 4.78 is 25.4. The van der Waals surface area contributed by atoms with E-state index in [1.807, 2.05) is 0 Å². The minimum Gasteiger partial charge on any atom is -0.204 e. The number of benzene rings is 1. The van der Waals surface area contributed by atoms with Gasteiger partial charge in [0.05, 0.1) is 9.50 Å². The Morgan fingerprint density at radius 3 is 2.27 bits per heavy atom. The first-order valence-corrected chi connectivity index (χ1v) is 4.07. The minimum absolute atomic E-state index is 0.0499. The minimum atomic E-state index is -0.936. The molecule has 11 heavy (non-hydrogen) atoms. The molecule has 0 aromatic heterocycles. The maximum absolute atomic E-state index is 12.7. The van der Waals surface area contributed by atoms with Crippen molar-refractivity contribution < 1.29 is 8.78 Å². The molecule has 1 aromatic carbocycles. The summed E-state index contributed by atoms with van der Waals surface area (Å²) in [6.45, 7) is 0. The van der Waals surface area contributed by atoms with Gasteiger partial charge in [0.2, 0.25) is 0 Å². The van der Waals surface area contributed by atoms with Crippen molar-refractivity contribution in [3.8, 4) is 0 Å². The lowest BCUT2D eigenvalue weighted by atomic mass is 10.3. The second-order valence-electron chi connectivity index (χ2n) is 1.78. The molecule has 0 bridgehead atoms. The van der Waals surface area contributed by atoms with Gasteiger partial charge in [-0.2, -0.15) is 0 Å². The molecule has 0 nitrogen and oxygen atoms in total. The van der Waals surface area contributed by atoms with E-state index in [2.05, 4.69) is 15.9 Å². The van der Waals surface area contributed by atoms with Crippen LogP contribution in [0.2, 0.25) is 10.0 Å². The highest BCUT2D eigenvalue weighted by Crippen LogP contribution is 2.31. The summed E-state index contributed by atoms with van der Waals surface area (Å²) in [7, 11) is 0. The van der Waals surface area contributed by atoms with Gasteiger partial charge in [0.15, 0.2) is 11.6 Å². The summed E-state index contributed by atoms with van der Waals surface area (Å²) in [4.78, 5) is 0. The first-order chi connectivity index (χ1) is 5.04. The van der Waals surface area contributed by atoms with Crippen molar-refractivity contribution in [3.63, 3.8) is 0 Å². The van der Waals surface area contributed by atoms with Gasteiger partial charge in [0.25, 0.3) is 0 Å². The van der Waals surface area contributed by atoms with Crippen molar-refractivity contribution in [3.05, 3.63) is 32.2 Å². The van der Waals surface area contributed by atoms with Crippen molar-refractivity contribution in [2.75, 3.05) is 0 Å². The Morgan fingerprint density at radius 1 is 1.18 bits per heavy atom. The number of rotatable bonds is 0. The average Bonchev–Trinajstić information content (AvgIpc) is 1.97. The molecule has 1 aromatic rings. The normalized spacial score (nSPS) is 10.3. The predicted molar refractivity (Wildman–Crippen MR) is 44.1 cm³/mol. The third kappa shape index (κ3) is 1.66. The number of hydrogen-bond acceptors (Lipinski definition) is 0. The molecule has 0 fully saturated rings. The first kappa shape index (κ1) is 9.23. The molecule has 0 atom stereocenters. The fraction of sp³-hybridized carbons (Fsp3) is 0. The summed E-state index contributed by atoms with van der Waals surface area (Å²) in [6, 6.07) is 1.11. The molecule has 0 aliphatic rings. The maximum atomic E-state index is 12.7. The zero-order valence-corrected chi connectivity index (χ0v) is 8.07. The molecule has 0 N–H and O–H groups in total. The molecule has 0 aliphatic heterocycles. The van der Waals surface area contributed by atoms with Gasteiger partial charge in [-0.25, -0.2) is 8.78 Å². The van der Waals surface area contributed by atoms with Crippen molar-refractivity contribution in [2.45, 2.75) is 0 Å². The zero-order chi connectivity index (χ0) is 8.59. The molecule has 1 rings (SSSR count). The van der Waals surface area contributed by atoms with Crippen molar-refractivity contribution in [1.82, 2.24) is 0 Å². The Balaban J connectivity index is 3.46. The van der Waals surface area contributed by atoms with Crippen LogP contribution >= 0.6 is 39.1 Å². The molecule has 0 heterocycles. The van der Waals surface area contributed by atoms with Crippen LogP contribution in [0.25, 0.3) is 0 Å². The first-order valence-electron chi connectivity index (χ1n) is 2.52. The molecule has 0 radical (unpaired) electrons. The number of halogens is 5. The van der Waals surface area contributed by atoms with Gasteiger partial charge in [-0.05, 0) is 22.0 Å². The third-order valence-electron chi connectivity index (χ3n) is 1.06. The Kier molecular flexibility index (Phi) is 2.73. The Hall–Kier alpha value is 0.140. The van der Waals surface area contributed by atoms with Crippen molar-refractivity contribution in [2.24, 2.45) is 0 Å². The van der Waals surface area contributed by atoms with Crippen LogP contribution in [0.1, 0.15) is 0 Å². The summed E-state index contributed by atoms with van der Waals surface area (Å²) in [5.74, 6) is -1.78. The van der Waals surface area contributed by atoms with E-state index in [0.717, 1.165) is 6.07 Å². The lowest BCUT2D eigenvalue weighted by Crippen LogP contribution is -1.86. The Bertz CT molecular complexity index is 275. The SMILES string of the molecule is Fc1c(Cl)cc(Br)c(F)c1Cl. The molecule has 0 amide bonds. The fourth-order valence-corrected chi connectivity index (χ4v) is 1.67. The van der Waals surface area contributed by atoms with Crippen LogP contribution in [-0.2, 0) is 0 Å². The Morgan fingerprint density at radius 2 is 1.73 bits per heavy atom. The predicted octanol–water partition coefficient (Wildman–Crippen LogP) is 4.03. The van der Waals surface area contributed by atoms with E-state index in [1.165, 1.54) is 0 Å². The number of hydrogen-bond donors (Lipinski definition) is 0. The van der Waals surface area contributed by atoms with E-state index in [1.54, 1.807) is 0 Å². The van der Waals surface area contributed by atoms with Gasteiger partial charge in [-0.3, -0.25) is 0 Å². The van der Waals surface area contributed by atoms with Gasteiger partial charge in [0.1, 0.15) is 5.02 Å². The summed E-state index contributed by atoms with van der Waals surface area (Å²) in [6.07, 6.45) is 0. The lowest BCUT2D eigenvalue weighted by Gasteiger charge is -2.00. The van der Waals surface area contributed by atoms with E-state index < -0.39 is 16.7 Å². The second kappa shape index (κ2) is 3.25. The average molecular weight is 262 g/mol. The molecule has 0 spiro atoms. The highest BCUT2D eigenvalue weighted by molar-refractivity contribution is 9.10. The molecule has 60 valence electrons. The van der Waals surface area contributed by atoms with E-state index in [9.17, 15) is 8.78 Å². The monoisotopic (exact) mass is 260 g/mol. The largest absolute Gasteiger partial charge is 0.204 e. The van der Waals surface area contributed by atoms with Crippen molar-refractivity contribution in [1.29, 1.82) is 0 Å². The van der Waals surface area contributed by atoms with Crippen LogP contribution in [0, 0.1) is 11.6 Å².